The quantitative estimate of drug-likeness (QED) is 0.810. The predicted molar refractivity (Wildman–Crippen MR) is 59.5 cm³/mol. The fourth-order valence-electron chi connectivity index (χ4n) is 2.52. The van der Waals surface area contributed by atoms with Crippen molar-refractivity contribution < 1.29 is 0 Å². The molecule has 0 saturated heterocycles. The smallest absolute Gasteiger partial charge is 0.0829 e. The van der Waals surface area contributed by atoms with E-state index in [4.69, 9.17) is 0 Å². The molecule has 0 aromatic carbocycles. The van der Waals surface area contributed by atoms with Crippen molar-refractivity contribution in [2.45, 2.75) is 38.1 Å². The molecule has 0 spiro atoms. The first kappa shape index (κ1) is 10.6. The van der Waals surface area contributed by atoms with E-state index in [0.717, 1.165) is 18.0 Å². The zero-order valence-corrected chi connectivity index (χ0v) is 9.61. The summed E-state index contributed by atoms with van der Waals surface area (Å²) in [5.74, 6) is 0.785. The Kier molecular flexibility index (Phi) is 3.36. The highest BCUT2D eigenvalue weighted by Gasteiger charge is 2.21. The highest BCUT2D eigenvalue weighted by atomic mass is 15.4. The van der Waals surface area contributed by atoms with Gasteiger partial charge in [0.1, 0.15) is 0 Å². The summed E-state index contributed by atoms with van der Waals surface area (Å²) in [7, 11) is 3.99. The number of nitrogens with one attached hydrogen (secondary N) is 1. The fraction of sp³-hybridized carbons (Fsp3) is 0.818. The van der Waals surface area contributed by atoms with E-state index in [-0.39, 0.29) is 0 Å². The largest absolute Gasteiger partial charge is 0.317 e. The van der Waals surface area contributed by atoms with Gasteiger partial charge in [-0.1, -0.05) is 11.6 Å². The Morgan fingerprint density at radius 2 is 2.40 bits per heavy atom. The van der Waals surface area contributed by atoms with E-state index in [1.165, 1.54) is 25.7 Å². The first-order valence-corrected chi connectivity index (χ1v) is 5.80. The highest BCUT2D eigenvalue weighted by Crippen LogP contribution is 2.26. The molecule has 2 rings (SSSR count). The lowest BCUT2D eigenvalue weighted by Gasteiger charge is -2.28. The molecule has 1 aromatic heterocycles. The standard InChI is InChI=1S/C11H20N4/c1-12-10-5-3-4-9(6-10)7-11-8-15(2)14-13-11/h8-10,12H,3-7H2,1-2H3. The average molecular weight is 208 g/mol. The van der Waals surface area contributed by atoms with Gasteiger partial charge in [-0.15, -0.1) is 5.10 Å². The summed E-state index contributed by atoms with van der Waals surface area (Å²) >= 11 is 0. The molecule has 0 bridgehead atoms. The summed E-state index contributed by atoms with van der Waals surface area (Å²) in [4.78, 5) is 0. The molecule has 84 valence electrons. The third-order valence-electron chi connectivity index (χ3n) is 3.34. The van der Waals surface area contributed by atoms with E-state index in [1.807, 2.05) is 13.2 Å². The topological polar surface area (TPSA) is 42.7 Å². The number of aryl methyl sites for hydroxylation is 1. The molecule has 1 saturated carbocycles. The zero-order valence-electron chi connectivity index (χ0n) is 9.61. The summed E-state index contributed by atoms with van der Waals surface area (Å²) < 4.78 is 1.79. The molecule has 0 amide bonds. The predicted octanol–water partition coefficient (Wildman–Crippen LogP) is 1.14. The number of rotatable bonds is 3. The normalized spacial score (nSPS) is 26.8. The van der Waals surface area contributed by atoms with Crippen molar-refractivity contribution in [2.24, 2.45) is 13.0 Å². The average Bonchev–Trinajstić information content (AvgIpc) is 2.64. The van der Waals surface area contributed by atoms with Gasteiger partial charge in [0.05, 0.1) is 5.69 Å². The van der Waals surface area contributed by atoms with E-state index in [9.17, 15) is 0 Å². The van der Waals surface area contributed by atoms with Crippen molar-refractivity contribution in [3.8, 4) is 0 Å². The number of aromatic nitrogens is 3. The van der Waals surface area contributed by atoms with Gasteiger partial charge >= 0.3 is 0 Å². The van der Waals surface area contributed by atoms with Gasteiger partial charge in [0.2, 0.25) is 0 Å². The summed E-state index contributed by atoms with van der Waals surface area (Å²) in [5, 5.41) is 11.5. The Morgan fingerprint density at radius 3 is 3.07 bits per heavy atom. The first-order valence-electron chi connectivity index (χ1n) is 5.80. The van der Waals surface area contributed by atoms with Crippen molar-refractivity contribution >= 4 is 0 Å². The van der Waals surface area contributed by atoms with Crippen LogP contribution in [0.15, 0.2) is 6.20 Å². The molecule has 2 unspecified atom stereocenters. The molecular formula is C11H20N4. The SMILES string of the molecule is CNC1CCCC(Cc2cn(C)nn2)C1. The molecule has 1 aromatic rings. The number of hydrogen-bond acceptors (Lipinski definition) is 3. The van der Waals surface area contributed by atoms with Gasteiger partial charge in [0.15, 0.2) is 0 Å². The number of hydrogen-bond donors (Lipinski definition) is 1. The Morgan fingerprint density at radius 1 is 1.53 bits per heavy atom. The van der Waals surface area contributed by atoms with Crippen LogP contribution in [-0.4, -0.2) is 28.1 Å². The van der Waals surface area contributed by atoms with Gasteiger partial charge in [0, 0.05) is 19.3 Å². The Hall–Kier alpha value is -0.900. The molecule has 4 heteroatoms. The van der Waals surface area contributed by atoms with Gasteiger partial charge in [-0.2, -0.15) is 0 Å². The van der Waals surface area contributed by atoms with Crippen LogP contribution >= 0.6 is 0 Å². The van der Waals surface area contributed by atoms with Crippen molar-refractivity contribution in [2.75, 3.05) is 7.05 Å². The lowest BCUT2D eigenvalue weighted by atomic mass is 9.83. The number of nitrogens with zero attached hydrogens (tertiary/aromatic N) is 3. The molecule has 0 aliphatic heterocycles. The maximum atomic E-state index is 4.15. The van der Waals surface area contributed by atoms with Crippen molar-refractivity contribution in [1.82, 2.24) is 20.3 Å². The van der Waals surface area contributed by atoms with Crippen LogP contribution in [0.5, 0.6) is 0 Å². The lowest BCUT2D eigenvalue weighted by molar-refractivity contribution is 0.293. The molecule has 1 aliphatic rings. The minimum absolute atomic E-state index is 0.709. The van der Waals surface area contributed by atoms with E-state index < -0.39 is 0 Å². The van der Waals surface area contributed by atoms with Gasteiger partial charge in [-0.3, -0.25) is 4.68 Å². The zero-order chi connectivity index (χ0) is 10.7. The minimum atomic E-state index is 0.709. The monoisotopic (exact) mass is 208 g/mol. The molecule has 1 N–H and O–H groups in total. The van der Waals surface area contributed by atoms with Gasteiger partial charge in [0.25, 0.3) is 0 Å². The third-order valence-corrected chi connectivity index (χ3v) is 3.34. The molecule has 2 atom stereocenters. The first-order chi connectivity index (χ1) is 7.28. The van der Waals surface area contributed by atoms with Crippen LogP contribution in [0.25, 0.3) is 0 Å². The molecule has 4 nitrogen and oxygen atoms in total. The second-order valence-electron chi connectivity index (χ2n) is 4.61. The summed E-state index contributed by atoms with van der Waals surface area (Å²) in [6.45, 7) is 0. The molecule has 15 heavy (non-hydrogen) atoms. The summed E-state index contributed by atoms with van der Waals surface area (Å²) in [6, 6.07) is 0.709. The van der Waals surface area contributed by atoms with E-state index >= 15 is 0 Å². The molecule has 0 radical (unpaired) electrons. The van der Waals surface area contributed by atoms with E-state index in [2.05, 4.69) is 22.7 Å². The van der Waals surface area contributed by atoms with Crippen molar-refractivity contribution in [3.05, 3.63) is 11.9 Å². The van der Waals surface area contributed by atoms with Crippen LogP contribution in [0, 0.1) is 5.92 Å². The van der Waals surface area contributed by atoms with E-state index in [1.54, 1.807) is 4.68 Å². The third kappa shape index (κ3) is 2.78. The van der Waals surface area contributed by atoms with Crippen LogP contribution < -0.4 is 5.32 Å². The second-order valence-corrected chi connectivity index (χ2v) is 4.61. The van der Waals surface area contributed by atoms with E-state index in [0.29, 0.717) is 6.04 Å². The van der Waals surface area contributed by atoms with Crippen molar-refractivity contribution in [1.29, 1.82) is 0 Å². The maximum Gasteiger partial charge on any atom is 0.0829 e. The van der Waals surface area contributed by atoms with Crippen LogP contribution in [0.4, 0.5) is 0 Å². The maximum absolute atomic E-state index is 4.15. The Balaban J connectivity index is 1.88. The van der Waals surface area contributed by atoms with Crippen LogP contribution in [0.1, 0.15) is 31.4 Å². The minimum Gasteiger partial charge on any atom is -0.317 e. The van der Waals surface area contributed by atoms with Crippen LogP contribution in [0.3, 0.4) is 0 Å². The molecule has 1 aliphatic carbocycles. The van der Waals surface area contributed by atoms with Gasteiger partial charge in [-0.25, -0.2) is 0 Å². The van der Waals surface area contributed by atoms with Crippen LogP contribution in [0.2, 0.25) is 0 Å². The van der Waals surface area contributed by atoms with Crippen molar-refractivity contribution in [3.63, 3.8) is 0 Å². The highest BCUT2D eigenvalue weighted by molar-refractivity contribution is 4.95. The second kappa shape index (κ2) is 4.75. The molecule has 1 fully saturated rings. The molecular weight excluding hydrogens is 188 g/mol. The van der Waals surface area contributed by atoms with Crippen LogP contribution in [-0.2, 0) is 13.5 Å². The molecule has 1 heterocycles. The Labute approximate surface area is 91.1 Å². The summed E-state index contributed by atoms with van der Waals surface area (Å²) in [6.07, 6.45) is 8.42. The van der Waals surface area contributed by atoms with Gasteiger partial charge in [-0.05, 0) is 38.6 Å². The fourth-order valence-corrected chi connectivity index (χ4v) is 2.52. The summed E-state index contributed by atoms with van der Waals surface area (Å²) in [5.41, 5.74) is 1.14. The Bertz CT molecular complexity index is 307. The van der Waals surface area contributed by atoms with Gasteiger partial charge < -0.3 is 5.32 Å². The lowest BCUT2D eigenvalue weighted by Crippen LogP contribution is -2.31.